The van der Waals surface area contributed by atoms with Crippen molar-refractivity contribution < 1.29 is 4.79 Å². The van der Waals surface area contributed by atoms with E-state index in [2.05, 4.69) is 45.5 Å². The normalized spacial score (nSPS) is 16.8. The van der Waals surface area contributed by atoms with Crippen LogP contribution in [0.2, 0.25) is 0 Å². The molecule has 5 heteroatoms. The van der Waals surface area contributed by atoms with Gasteiger partial charge in [-0.2, -0.15) is 0 Å². The number of rotatable bonds is 6. The van der Waals surface area contributed by atoms with Gasteiger partial charge < -0.3 is 5.32 Å². The van der Waals surface area contributed by atoms with Crippen molar-refractivity contribution in [1.29, 1.82) is 0 Å². The van der Waals surface area contributed by atoms with Gasteiger partial charge in [0, 0.05) is 11.4 Å². The van der Waals surface area contributed by atoms with Crippen molar-refractivity contribution in [3.8, 4) is 0 Å². The third-order valence-electron chi connectivity index (χ3n) is 5.08. The van der Waals surface area contributed by atoms with Crippen molar-refractivity contribution in [2.75, 3.05) is 19.6 Å². The van der Waals surface area contributed by atoms with Crippen molar-refractivity contribution >= 4 is 17.2 Å². The van der Waals surface area contributed by atoms with Gasteiger partial charge in [0.15, 0.2) is 0 Å². The SMILES string of the molecule is Cc1nc(C)c(CC(=O)NC[C@@H](c2ccccc2)N2CCCCCC2)s1. The van der Waals surface area contributed by atoms with Crippen molar-refractivity contribution in [2.24, 2.45) is 0 Å². The van der Waals surface area contributed by atoms with Gasteiger partial charge in [-0.3, -0.25) is 9.69 Å². The van der Waals surface area contributed by atoms with Gasteiger partial charge in [-0.05, 0) is 45.3 Å². The summed E-state index contributed by atoms with van der Waals surface area (Å²) < 4.78 is 0. The predicted octanol–water partition coefficient (Wildman–Crippen LogP) is 4.04. The van der Waals surface area contributed by atoms with E-state index < -0.39 is 0 Å². The Hall–Kier alpha value is -1.72. The van der Waals surface area contributed by atoms with Crippen LogP contribution in [0.15, 0.2) is 30.3 Å². The highest BCUT2D eigenvalue weighted by Crippen LogP contribution is 2.24. The van der Waals surface area contributed by atoms with E-state index in [9.17, 15) is 4.79 Å². The fourth-order valence-corrected chi connectivity index (χ4v) is 4.63. The summed E-state index contributed by atoms with van der Waals surface area (Å²) in [5.74, 6) is 0.0903. The summed E-state index contributed by atoms with van der Waals surface area (Å²) in [4.78, 5) is 20.6. The van der Waals surface area contributed by atoms with Crippen molar-refractivity contribution in [3.63, 3.8) is 0 Å². The van der Waals surface area contributed by atoms with Crippen LogP contribution in [-0.4, -0.2) is 35.4 Å². The first kappa shape index (κ1) is 19.1. The van der Waals surface area contributed by atoms with Crippen molar-refractivity contribution in [2.45, 2.75) is 52.0 Å². The number of nitrogens with one attached hydrogen (secondary N) is 1. The molecule has 26 heavy (non-hydrogen) atoms. The number of hydrogen-bond donors (Lipinski definition) is 1. The van der Waals surface area contributed by atoms with Crippen LogP contribution >= 0.6 is 11.3 Å². The number of nitrogens with zero attached hydrogens (tertiary/aromatic N) is 2. The summed E-state index contributed by atoms with van der Waals surface area (Å²) in [5.41, 5.74) is 2.27. The van der Waals surface area contributed by atoms with Gasteiger partial charge in [0.1, 0.15) is 0 Å². The topological polar surface area (TPSA) is 45.2 Å². The van der Waals surface area contributed by atoms with Crippen LogP contribution in [0.4, 0.5) is 0 Å². The highest BCUT2D eigenvalue weighted by molar-refractivity contribution is 7.11. The predicted molar refractivity (Wildman–Crippen MR) is 108 cm³/mol. The number of amides is 1. The molecule has 1 aromatic heterocycles. The van der Waals surface area contributed by atoms with E-state index >= 15 is 0 Å². The number of aryl methyl sites for hydroxylation is 2. The molecule has 0 spiro atoms. The standard InChI is InChI=1S/C21H29N3OS/c1-16-20(26-17(2)23-16)14-21(25)22-15-19(18-10-6-5-7-11-18)24-12-8-3-4-9-13-24/h5-7,10-11,19H,3-4,8-9,12-15H2,1-2H3,(H,22,25)/t19-/m0/s1. The fraction of sp³-hybridized carbons (Fsp3) is 0.524. The lowest BCUT2D eigenvalue weighted by Crippen LogP contribution is -2.39. The van der Waals surface area contributed by atoms with Crippen LogP contribution in [0.1, 0.15) is 52.9 Å². The highest BCUT2D eigenvalue weighted by atomic mass is 32.1. The Morgan fingerprint density at radius 1 is 1.15 bits per heavy atom. The van der Waals surface area contributed by atoms with E-state index in [4.69, 9.17) is 0 Å². The molecule has 1 amide bonds. The minimum atomic E-state index is 0.0903. The van der Waals surface area contributed by atoms with Crippen LogP contribution in [0, 0.1) is 13.8 Å². The molecule has 1 N–H and O–H groups in total. The maximum atomic E-state index is 12.5. The monoisotopic (exact) mass is 371 g/mol. The van der Waals surface area contributed by atoms with Gasteiger partial charge in [0.05, 0.1) is 23.2 Å². The molecule has 0 unspecified atom stereocenters. The summed E-state index contributed by atoms with van der Waals surface area (Å²) in [6.45, 7) is 6.87. The van der Waals surface area contributed by atoms with Crippen LogP contribution in [-0.2, 0) is 11.2 Å². The highest BCUT2D eigenvalue weighted by Gasteiger charge is 2.22. The molecule has 2 aromatic rings. The van der Waals surface area contributed by atoms with Crippen molar-refractivity contribution in [1.82, 2.24) is 15.2 Å². The minimum Gasteiger partial charge on any atom is -0.354 e. The summed E-state index contributed by atoms with van der Waals surface area (Å²) >= 11 is 1.62. The first-order valence-electron chi connectivity index (χ1n) is 9.62. The van der Waals surface area contributed by atoms with Gasteiger partial charge in [-0.1, -0.05) is 43.2 Å². The molecule has 1 fully saturated rings. The molecule has 1 atom stereocenters. The maximum absolute atomic E-state index is 12.5. The first-order chi connectivity index (χ1) is 12.6. The van der Waals surface area contributed by atoms with Crippen LogP contribution < -0.4 is 5.32 Å². The van der Waals surface area contributed by atoms with Gasteiger partial charge in [0.2, 0.25) is 5.91 Å². The number of carbonyl (C=O) groups excluding carboxylic acids is 1. The number of aromatic nitrogens is 1. The van der Waals surface area contributed by atoms with Crippen LogP contribution in [0.25, 0.3) is 0 Å². The Morgan fingerprint density at radius 2 is 1.85 bits per heavy atom. The summed E-state index contributed by atoms with van der Waals surface area (Å²) in [6.07, 6.45) is 5.55. The largest absolute Gasteiger partial charge is 0.354 e. The van der Waals surface area contributed by atoms with Crippen molar-refractivity contribution in [3.05, 3.63) is 51.5 Å². The van der Waals surface area contributed by atoms with E-state index in [0.717, 1.165) is 28.7 Å². The molecule has 0 radical (unpaired) electrons. The molecule has 1 aliphatic heterocycles. The summed E-state index contributed by atoms with van der Waals surface area (Å²) in [6, 6.07) is 10.8. The smallest absolute Gasteiger partial charge is 0.225 e. The molecule has 0 saturated carbocycles. The molecule has 0 aliphatic carbocycles. The Kier molecular flexibility index (Phi) is 6.80. The van der Waals surface area contributed by atoms with E-state index in [1.165, 1.54) is 31.2 Å². The second-order valence-corrected chi connectivity index (χ2v) is 8.39. The summed E-state index contributed by atoms with van der Waals surface area (Å²) in [7, 11) is 0. The third kappa shape index (κ3) is 5.15. The van der Waals surface area contributed by atoms with Crippen LogP contribution in [0.5, 0.6) is 0 Å². The Balaban J connectivity index is 1.65. The Morgan fingerprint density at radius 3 is 2.46 bits per heavy atom. The van der Waals surface area contributed by atoms with E-state index in [0.29, 0.717) is 13.0 Å². The molecular formula is C21H29N3OS. The van der Waals surface area contributed by atoms with Gasteiger partial charge in [-0.25, -0.2) is 4.98 Å². The molecule has 3 rings (SSSR count). The Bertz CT molecular complexity index is 705. The average molecular weight is 372 g/mol. The van der Waals surface area contributed by atoms with Crippen LogP contribution in [0.3, 0.4) is 0 Å². The minimum absolute atomic E-state index is 0.0903. The Labute approximate surface area is 160 Å². The van der Waals surface area contributed by atoms with E-state index in [-0.39, 0.29) is 11.9 Å². The second-order valence-electron chi connectivity index (χ2n) is 7.10. The number of benzene rings is 1. The van der Waals surface area contributed by atoms with Gasteiger partial charge >= 0.3 is 0 Å². The quantitative estimate of drug-likeness (QED) is 0.834. The molecule has 2 heterocycles. The maximum Gasteiger partial charge on any atom is 0.225 e. The molecule has 1 saturated heterocycles. The molecule has 4 nitrogen and oxygen atoms in total. The molecule has 1 aliphatic rings. The lowest BCUT2D eigenvalue weighted by atomic mass is 10.0. The summed E-state index contributed by atoms with van der Waals surface area (Å²) in [5, 5.41) is 4.21. The van der Waals surface area contributed by atoms with Gasteiger partial charge in [-0.15, -0.1) is 11.3 Å². The first-order valence-corrected chi connectivity index (χ1v) is 10.4. The molecular weight excluding hydrogens is 342 g/mol. The fourth-order valence-electron chi connectivity index (χ4n) is 3.70. The average Bonchev–Trinajstić information content (AvgIpc) is 2.82. The lowest BCUT2D eigenvalue weighted by molar-refractivity contribution is -0.120. The number of hydrogen-bond acceptors (Lipinski definition) is 4. The van der Waals surface area contributed by atoms with Gasteiger partial charge in [0.25, 0.3) is 0 Å². The van der Waals surface area contributed by atoms with E-state index in [1.807, 2.05) is 13.8 Å². The third-order valence-corrected chi connectivity index (χ3v) is 6.15. The number of carbonyl (C=O) groups is 1. The zero-order valence-corrected chi connectivity index (χ0v) is 16.6. The molecule has 140 valence electrons. The second kappa shape index (κ2) is 9.28. The zero-order chi connectivity index (χ0) is 18.4. The van der Waals surface area contributed by atoms with E-state index in [1.54, 1.807) is 11.3 Å². The molecule has 0 bridgehead atoms. The number of thiazole rings is 1. The zero-order valence-electron chi connectivity index (χ0n) is 15.8. The molecule has 1 aromatic carbocycles. The number of likely N-dealkylation sites (tertiary alicyclic amines) is 1. The lowest BCUT2D eigenvalue weighted by Gasteiger charge is -2.31.